The van der Waals surface area contributed by atoms with Crippen molar-refractivity contribution in [3.8, 4) is 0 Å². The summed E-state index contributed by atoms with van der Waals surface area (Å²) >= 11 is -0.276. The molecule has 60 valence electrons. The van der Waals surface area contributed by atoms with E-state index in [4.69, 9.17) is 0 Å². The molecule has 1 saturated heterocycles. The van der Waals surface area contributed by atoms with E-state index < -0.39 is 0 Å². The molecule has 0 aromatic carbocycles. The zero-order valence-electron chi connectivity index (χ0n) is 5.97. The third-order valence-corrected chi connectivity index (χ3v) is 3.23. The van der Waals surface area contributed by atoms with Crippen molar-refractivity contribution in [1.29, 1.82) is 0 Å². The van der Waals surface area contributed by atoms with Crippen molar-refractivity contribution in [2.45, 2.75) is 12.8 Å². The minimum absolute atomic E-state index is 0.276. The monoisotopic (exact) mass is 163 g/mol. The van der Waals surface area contributed by atoms with Crippen LogP contribution in [0.1, 0.15) is 12.8 Å². The van der Waals surface area contributed by atoms with Crippen LogP contribution >= 0.6 is 0 Å². The van der Waals surface area contributed by atoms with Gasteiger partial charge < -0.3 is 10.6 Å². The summed E-state index contributed by atoms with van der Waals surface area (Å²) in [6, 6.07) is 0. The van der Waals surface area contributed by atoms with Crippen LogP contribution in [-0.2, 0) is 15.5 Å². The Morgan fingerprint density at radius 3 is 2.30 bits per heavy atom. The number of hydrogen-bond donors (Lipinski definition) is 1. The third-order valence-electron chi connectivity index (χ3n) is 1.55. The van der Waals surface area contributed by atoms with Crippen molar-refractivity contribution in [3.63, 3.8) is 0 Å². The predicted octanol–water partition coefficient (Wildman–Crippen LogP) is -0.805. The standard InChI is InChI=1S/C6H13NO2S/c8-9-10-5-1-3-7-4-2-6-10/h7H,1-6H2. The van der Waals surface area contributed by atoms with Crippen molar-refractivity contribution in [3.05, 3.63) is 0 Å². The van der Waals surface area contributed by atoms with Gasteiger partial charge in [-0.05, 0) is 13.1 Å². The van der Waals surface area contributed by atoms with Gasteiger partial charge in [-0.15, -0.1) is 0 Å². The summed E-state index contributed by atoms with van der Waals surface area (Å²) in [6.07, 6.45) is 2.15. The molecular formula is C6H13NO2S. The lowest BCUT2D eigenvalue weighted by Gasteiger charge is -2.12. The maximum absolute atomic E-state index is 10.0. The maximum Gasteiger partial charge on any atom is 0.141 e. The van der Waals surface area contributed by atoms with Gasteiger partial charge in [-0.25, -0.2) is 4.33 Å². The first-order valence-corrected chi connectivity index (χ1v) is 5.11. The van der Waals surface area contributed by atoms with E-state index >= 15 is 0 Å². The van der Waals surface area contributed by atoms with Crippen LogP contribution in [0.2, 0.25) is 0 Å². The molecule has 1 fully saturated rings. The Kier molecular flexibility index (Phi) is 4.13. The number of hydrogen-bond acceptors (Lipinski definition) is 3. The summed E-state index contributed by atoms with van der Waals surface area (Å²) in [5.41, 5.74) is 0. The van der Waals surface area contributed by atoms with Gasteiger partial charge in [0.05, 0.1) is 0 Å². The second kappa shape index (κ2) is 4.96. The van der Waals surface area contributed by atoms with Crippen LogP contribution in [-0.4, -0.2) is 24.6 Å². The van der Waals surface area contributed by atoms with Crippen molar-refractivity contribution in [1.82, 2.24) is 5.32 Å². The second-order valence-corrected chi connectivity index (χ2v) is 4.21. The summed E-state index contributed by atoms with van der Waals surface area (Å²) in [5.74, 6) is 1.88. The lowest BCUT2D eigenvalue weighted by atomic mass is 10.4. The molecule has 0 aliphatic carbocycles. The molecule has 0 aromatic rings. The van der Waals surface area contributed by atoms with Crippen LogP contribution in [0.25, 0.3) is 0 Å². The van der Waals surface area contributed by atoms with Crippen molar-refractivity contribution in [2.75, 3.05) is 24.6 Å². The third kappa shape index (κ3) is 2.88. The lowest BCUT2D eigenvalue weighted by molar-refractivity contribution is -0.632. The van der Waals surface area contributed by atoms with Crippen LogP contribution in [0.3, 0.4) is 0 Å². The molecule has 0 amide bonds. The maximum atomic E-state index is 10.0. The fourth-order valence-electron chi connectivity index (χ4n) is 1.01. The fourth-order valence-corrected chi connectivity index (χ4v) is 2.28. The second-order valence-electron chi connectivity index (χ2n) is 2.37. The summed E-state index contributed by atoms with van der Waals surface area (Å²) in [7, 11) is 0. The van der Waals surface area contributed by atoms with E-state index in [0.29, 0.717) is 0 Å². The van der Waals surface area contributed by atoms with Gasteiger partial charge in [0, 0.05) is 12.8 Å². The Hall–Kier alpha value is 0.230. The van der Waals surface area contributed by atoms with E-state index in [1.165, 1.54) is 0 Å². The lowest BCUT2D eigenvalue weighted by Crippen LogP contribution is -2.30. The highest BCUT2D eigenvalue weighted by molar-refractivity contribution is 7.92. The summed E-state index contributed by atoms with van der Waals surface area (Å²) in [6.45, 7) is 2.07. The molecule has 0 unspecified atom stereocenters. The Balaban J connectivity index is 2.16. The molecule has 0 aromatic heterocycles. The van der Waals surface area contributed by atoms with Gasteiger partial charge >= 0.3 is 0 Å². The van der Waals surface area contributed by atoms with Crippen molar-refractivity contribution in [2.24, 2.45) is 0 Å². The number of nitrogens with one attached hydrogen (secondary N) is 1. The van der Waals surface area contributed by atoms with Crippen LogP contribution in [0, 0.1) is 0 Å². The zero-order valence-corrected chi connectivity index (χ0v) is 6.78. The highest BCUT2D eigenvalue weighted by atomic mass is 32.2. The van der Waals surface area contributed by atoms with Crippen LogP contribution in [0.5, 0.6) is 0 Å². The molecular weight excluding hydrogens is 150 g/mol. The SMILES string of the molecule is [O-]O[S+]1CCCNCCC1. The Bertz CT molecular complexity index is 83.8. The molecule has 0 bridgehead atoms. The fraction of sp³-hybridized carbons (Fsp3) is 1.00. The van der Waals surface area contributed by atoms with Gasteiger partial charge in [0.25, 0.3) is 0 Å². The first-order chi connectivity index (χ1) is 4.93. The molecule has 1 rings (SSSR count). The summed E-state index contributed by atoms with van der Waals surface area (Å²) < 4.78 is 4.08. The summed E-state index contributed by atoms with van der Waals surface area (Å²) in [5, 5.41) is 13.3. The van der Waals surface area contributed by atoms with E-state index in [2.05, 4.69) is 9.65 Å². The molecule has 1 aliphatic heterocycles. The van der Waals surface area contributed by atoms with E-state index in [1.807, 2.05) is 0 Å². The Morgan fingerprint density at radius 1 is 1.20 bits per heavy atom. The van der Waals surface area contributed by atoms with Crippen molar-refractivity contribution < 1.29 is 9.59 Å². The van der Waals surface area contributed by atoms with Crippen LogP contribution < -0.4 is 10.6 Å². The Morgan fingerprint density at radius 2 is 1.80 bits per heavy atom. The molecule has 0 radical (unpaired) electrons. The average molecular weight is 163 g/mol. The van der Waals surface area contributed by atoms with Gasteiger partial charge in [0.2, 0.25) is 0 Å². The quantitative estimate of drug-likeness (QED) is 0.312. The van der Waals surface area contributed by atoms with Gasteiger partial charge in [-0.3, -0.25) is 0 Å². The van der Waals surface area contributed by atoms with Gasteiger partial charge in [0.1, 0.15) is 22.7 Å². The highest BCUT2D eigenvalue weighted by Crippen LogP contribution is 2.02. The highest BCUT2D eigenvalue weighted by Gasteiger charge is 2.16. The van der Waals surface area contributed by atoms with E-state index in [0.717, 1.165) is 37.4 Å². The molecule has 10 heavy (non-hydrogen) atoms. The molecule has 4 heteroatoms. The molecule has 3 nitrogen and oxygen atoms in total. The topological polar surface area (TPSA) is 44.3 Å². The zero-order chi connectivity index (χ0) is 7.23. The molecule has 0 atom stereocenters. The van der Waals surface area contributed by atoms with E-state index in [1.54, 1.807) is 0 Å². The minimum Gasteiger partial charge on any atom is -0.672 e. The molecule has 1 N–H and O–H groups in total. The normalized spacial score (nSPS) is 23.7. The van der Waals surface area contributed by atoms with Crippen LogP contribution in [0.15, 0.2) is 0 Å². The molecule has 0 saturated carbocycles. The average Bonchev–Trinajstić information content (AvgIpc) is 1.87. The molecule has 0 spiro atoms. The van der Waals surface area contributed by atoms with Crippen LogP contribution in [0.4, 0.5) is 0 Å². The van der Waals surface area contributed by atoms with E-state index in [9.17, 15) is 5.26 Å². The first kappa shape index (κ1) is 8.33. The van der Waals surface area contributed by atoms with Gasteiger partial charge in [-0.1, -0.05) is 0 Å². The molecule has 1 heterocycles. The first-order valence-electron chi connectivity index (χ1n) is 3.62. The minimum atomic E-state index is -0.276. The molecule has 1 aliphatic rings. The van der Waals surface area contributed by atoms with Crippen molar-refractivity contribution >= 4 is 11.2 Å². The van der Waals surface area contributed by atoms with Gasteiger partial charge in [-0.2, -0.15) is 0 Å². The summed E-state index contributed by atoms with van der Waals surface area (Å²) in [4.78, 5) is 0. The van der Waals surface area contributed by atoms with Gasteiger partial charge in [0.15, 0.2) is 0 Å². The number of rotatable bonds is 1. The predicted molar refractivity (Wildman–Crippen MR) is 40.3 cm³/mol. The largest absolute Gasteiger partial charge is 0.672 e. The smallest absolute Gasteiger partial charge is 0.141 e. The Labute approximate surface area is 64.2 Å². The van der Waals surface area contributed by atoms with E-state index in [-0.39, 0.29) is 11.2 Å².